The van der Waals surface area contributed by atoms with Gasteiger partial charge in [0.2, 0.25) is 0 Å². The maximum absolute atomic E-state index is 14.0. The SMILES string of the molecule is COc1cc(-c2cnc3c(n2)c(-c2ccc(C(=O)N4CC5(COC5)C4)cc2)cn3S(=O)(=O)c2ccc(C)cc2)cc2c1CN(C)CC2. The molecule has 10 nitrogen and oxygen atoms in total. The molecule has 11 heteroatoms. The number of ether oxygens (including phenoxy) is 2. The molecule has 0 aliphatic carbocycles. The van der Waals surface area contributed by atoms with Gasteiger partial charge in [-0.1, -0.05) is 29.8 Å². The number of fused-ring (bicyclic) bond motifs is 2. The van der Waals surface area contributed by atoms with Crippen molar-refractivity contribution in [2.24, 2.45) is 5.41 Å². The lowest BCUT2D eigenvalue weighted by molar-refractivity contribution is -0.176. The quantitative estimate of drug-likeness (QED) is 0.259. The Balaban J connectivity index is 1.22. The minimum atomic E-state index is -3.99. The molecule has 2 fully saturated rings. The van der Waals surface area contributed by atoms with Gasteiger partial charge in [0, 0.05) is 54.6 Å². The number of carbonyl (C=O) groups is 1. The molecule has 0 radical (unpaired) electrons. The van der Waals surface area contributed by atoms with Gasteiger partial charge in [-0.05, 0) is 67.9 Å². The zero-order valence-corrected chi connectivity index (χ0v) is 27.4. The van der Waals surface area contributed by atoms with Crippen molar-refractivity contribution in [3.05, 3.63) is 95.3 Å². The number of carbonyl (C=O) groups excluding carboxylic acids is 1. The van der Waals surface area contributed by atoms with Crippen molar-refractivity contribution < 1.29 is 22.7 Å². The van der Waals surface area contributed by atoms with Gasteiger partial charge in [-0.2, -0.15) is 0 Å². The van der Waals surface area contributed by atoms with E-state index in [1.165, 1.54) is 15.1 Å². The third-order valence-electron chi connectivity index (χ3n) is 9.65. The summed E-state index contributed by atoms with van der Waals surface area (Å²) in [5.74, 6) is 0.775. The maximum Gasteiger partial charge on any atom is 0.269 e. The predicted octanol–water partition coefficient (Wildman–Crippen LogP) is 4.78. The van der Waals surface area contributed by atoms with Crippen molar-refractivity contribution in [2.75, 3.05) is 47.0 Å². The van der Waals surface area contributed by atoms with Crippen molar-refractivity contribution in [1.29, 1.82) is 0 Å². The Hall–Kier alpha value is -4.58. The molecule has 8 rings (SSSR count). The van der Waals surface area contributed by atoms with Crippen LogP contribution >= 0.6 is 0 Å². The van der Waals surface area contributed by atoms with Crippen molar-refractivity contribution in [3.8, 4) is 28.1 Å². The normalized spacial score (nSPS) is 17.3. The lowest BCUT2D eigenvalue weighted by Gasteiger charge is -2.54. The van der Waals surface area contributed by atoms with E-state index in [0.29, 0.717) is 48.6 Å². The second-order valence-corrected chi connectivity index (χ2v) is 14.9. The zero-order valence-electron chi connectivity index (χ0n) is 26.6. The number of nitrogens with zero attached hydrogens (tertiary/aromatic N) is 5. The summed E-state index contributed by atoms with van der Waals surface area (Å²) in [7, 11) is -0.222. The van der Waals surface area contributed by atoms with Crippen LogP contribution in [0.25, 0.3) is 33.5 Å². The molecule has 0 saturated carbocycles. The monoisotopic (exact) mass is 649 g/mol. The predicted molar refractivity (Wildman–Crippen MR) is 178 cm³/mol. The second kappa shape index (κ2) is 11.0. The van der Waals surface area contributed by atoms with Crippen LogP contribution in [-0.2, 0) is 27.7 Å². The number of hydrogen-bond donors (Lipinski definition) is 0. The van der Waals surface area contributed by atoms with E-state index in [4.69, 9.17) is 19.4 Å². The molecule has 5 aromatic rings. The average molecular weight is 650 g/mol. The highest BCUT2D eigenvalue weighted by Gasteiger charge is 2.50. The van der Waals surface area contributed by atoms with E-state index >= 15 is 0 Å². The highest BCUT2D eigenvalue weighted by molar-refractivity contribution is 7.90. The fraction of sp³-hybridized carbons (Fsp3) is 0.306. The molecule has 3 aromatic carbocycles. The van der Waals surface area contributed by atoms with Gasteiger partial charge in [-0.3, -0.25) is 4.79 Å². The molecule has 0 bridgehead atoms. The first-order valence-electron chi connectivity index (χ1n) is 15.7. The Labute approximate surface area is 273 Å². The topological polar surface area (TPSA) is 107 Å². The molecule has 47 heavy (non-hydrogen) atoms. The molecule has 2 aromatic heterocycles. The smallest absolute Gasteiger partial charge is 0.269 e. The van der Waals surface area contributed by atoms with E-state index in [9.17, 15) is 13.2 Å². The number of aromatic nitrogens is 3. The number of rotatable bonds is 6. The van der Waals surface area contributed by atoms with Crippen molar-refractivity contribution in [2.45, 2.75) is 24.8 Å². The Morgan fingerprint density at radius 2 is 1.74 bits per heavy atom. The summed E-state index contributed by atoms with van der Waals surface area (Å²) in [6, 6.07) is 18.1. The molecule has 240 valence electrons. The fourth-order valence-electron chi connectivity index (χ4n) is 6.87. The third-order valence-corrected chi connectivity index (χ3v) is 11.3. The first-order valence-corrected chi connectivity index (χ1v) is 17.1. The van der Waals surface area contributed by atoms with Crippen molar-refractivity contribution in [3.63, 3.8) is 0 Å². The summed E-state index contributed by atoms with van der Waals surface area (Å²) in [4.78, 5) is 27.2. The molecule has 0 unspecified atom stereocenters. The van der Waals surface area contributed by atoms with Crippen LogP contribution < -0.4 is 4.74 Å². The van der Waals surface area contributed by atoms with E-state index in [0.717, 1.165) is 42.0 Å². The van der Waals surface area contributed by atoms with E-state index in [-0.39, 0.29) is 21.9 Å². The van der Waals surface area contributed by atoms with Gasteiger partial charge < -0.3 is 19.3 Å². The first-order chi connectivity index (χ1) is 22.6. The number of hydrogen-bond acceptors (Lipinski definition) is 8. The van der Waals surface area contributed by atoms with Crippen molar-refractivity contribution in [1.82, 2.24) is 23.7 Å². The van der Waals surface area contributed by atoms with Crippen LogP contribution in [0.3, 0.4) is 0 Å². The molecule has 1 amide bonds. The van der Waals surface area contributed by atoms with Gasteiger partial charge in [0.25, 0.3) is 15.9 Å². The summed E-state index contributed by atoms with van der Waals surface area (Å²) in [6.45, 7) is 6.50. The van der Waals surface area contributed by atoms with E-state index < -0.39 is 10.0 Å². The van der Waals surface area contributed by atoms with Gasteiger partial charge in [-0.25, -0.2) is 22.4 Å². The van der Waals surface area contributed by atoms with Gasteiger partial charge >= 0.3 is 0 Å². The molecule has 5 heterocycles. The molecule has 2 saturated heterocycles. The molecule has 0 atom stereocenters. The van der Waals surface area contributed by atoms with E-state index in [1.54, 1.807) is 55.9 Å². The van der Waals surface area contributed by atoms with E-state index in [1.807, 2.05) is 30.0 Å². The van der Waals surface area contributed by atoms with Crippen LogP contribution in [0.1, 0.15) is 27.0 Å². The summed E-state index contributed by atoms with van der Waals surface area (Å²) in [5, 5.41) is 0. The lowest BCUT2D eigenvalue weighted by Crippen LogP contribution is -2.67. The minimum absolute atomic E-state index is 0.0203. The summed E-state index contributed by atoms with van der Waals surface area (Å²) >= 11 is 0. The van der Waals surface area contributed by atoms with Crippen LogP contribution in [0.4, 0.5) is 0 Å². The average Bonchev–Trinajstić information content (AvgIpc) is 3.43. The Morgan fingerprint density at radius 3 is 2.43 bits per heavy atom. The Bertz CT molecular complexity index is 2130. The highest BCUT2D eigenvalue weighted by Crippen LogP contribution is 2.39. The first kappa shape index (κ1) is 29.8. The van der Waals surface area contributed by atoms with Crippen LogP contribution in [0.2, 0.25) is 0 Å². The minimum Gasteiger partial charge on any atom is -0.496 e. The van der Waals surface area contributed by atoms with E-state index in [2.05, 4.69) is 18.0 Å². The third kappa shape index (κ3) is 5.00. The number of benzene rings is 3. The summed E-state index contributed by atoms with van der Waals surface area (Å²) in [6.07, 6.45) is 4.09. The Morgan fingerprint density at radius 1 is 1.00 bits per heavy atom. The summed E-state index contributed by atoms with van der Waals surface area (Å²) in [5.41, 5.74) is 7.52. The van der Waals surface area contributed by atoms with Gasteiger partial charge in [0.15, 0.2) is 5.65 Å². The van der Waals surface area contributed by atoms with Crippen LogP contribution in [-0.4, -0.2) is 85.1 Å². The Kier molecular flexibility index (Phi) is 6.98. The molecule has 3 aliphatic rings. The van der Waals surface area contributed by atoms with Crippen LogP contribution in [0.5, 0.6) is 5.75 Å². The zero-order chi connectivity index (χ0) is 32.5. The number of methoxy groups -OCH3 is 1. The van der Waals surface area contributed by atoms with Crippen LogP contribution in [0, 0.1) is 12.3 Å². The lowest BCUT2D eigenvalue weighted by atomic mass is 9.78. The number of aryl methyl sites for hydroxylation is 1. The van der Waals surface area contributed by atoms with Crippen LogP contribution in [0.15, 0.2) is 78.0 Å². The maximum atomic E-state index is 14.0. The largest absolute Gasteiger partial charge is 0.496 e. The molecular formula is C36H35N5O5S. The number of likely N-dealkylation sites (N-methyl/N-ethyl adjacent to an activating group) is 1. The fourth-order valence-corrected chi connectivity index (χ4v) is 8.19. The molecule has 3 aliphatic heterocycles. The highest BCUT2D eigenvalue weighted by atomic mass is 32.2. The molecular weight excluding hydrogens is 614 g/mol. The summed E-state index contributed by atoms with van der Waals surface area (Å²) < 4.78 is 40.3. The number of amides is 1. The standard InChI is InChI=1S/C36H35N5O5S/c1-23-4-10-28(11-5-23)47(43,44)41-18-30(24-6-8-25(9-7-24)35(42)40-19-36(20-40)21-46-22-36)33-34(41)37-16-31(38-33)27-14-26-12-13-39(2)17-29(26)32(15-27)45-3/h4-11,14-16,18H,12-13,17,19-22H2,1-3H3. The molecule has 0 N–H and O–H groups in total. The van der Waals surface area contributed by atoms with Gasteiger partial charge in [-0.15, -0.1) is 0 Å². The number of likely N-dealkylation sites (tertiary alicyclic amines) is 1. The van der Waals surface area contributed by atoms with Crippen molar-refractivity contribution >= 4 is 27.1 Å². The van der Waals surface area contributed by atoms with Gasteiger partial charge in [0.05, 0.1) is 42.5 Å². The van der Waals surface area contributed by atoms with Gasteiger partial charge in [0.1, 0.15) is 11.3 Å². The molecule has 1 spiro atoms. The second-order valence-electron chi connectivity index (χ2n) is 13.1.